The van der Waals surface area contributed by atoms with Gasteiger partial charge in [-0.25, -0.2) is 0 Å². The summed E-state index contributed by atoms with van der Waals surface area (Å²) in [4.78, 5) is 32.5. The Balaban J connectivity index is 2.19. The lowest BCUT2D eigenvalue weighted by molar-refractivity contribution is -0.115. The van der Waals surface area contributed by atoms with Gasteiger partial charge in [-0.3, -0.25) is 14.6 Å². The zero-order valence-electron chi connectivity index (χ0n) is 26.7. The van der Waals surface area contributed by atoms with Gasteiger partial charge in [0.25, 0.3) is 0 Å². The van der Waals surface area contributed by atoms with Crippen molar-refractivity contribution in [1.29, 1.82) is 0 Å². The number of carbonyl (C=O) groups excluding carboxylic acids is 2. The van der Waals surface area contributed by atoms with Crippen LogP contribution in [0.1, 0.15) is 95.6 Å². The van der Waals surface area contributed by atoms with Gasteiger partial charge >= 0.3 is 0 Å². The zero-order valence-corrected chi connectivity index (χ0v) is 28.3. The van der Waals surface area contributed by atoms with Crippen LogP contribution >= 0.6 is 23.5 Å². The topological polar surface area (TPSA) is 47.0 Å². The van der Waals surface area contributed by atoms with E-state index in [0.717, 1.165) is 22.3 Å². The third kappa shape index (κ3) is 5.15. The van der Waals surface area contributed by atoms with Crippen LogP contribution in [0.4, 0.5) is 0 Å². The number of thioether (sulfide) groups is 2. The number of pyridine rings is 1. The molecule has 1 aromatic heterocycles. The summed E-state index contributed by atoms with van der Waals surface area (Å²) in [5.74, 6) is 0.270. The Morgan fingerprint density at radius 1 is 0.550 bits per heavy atom. The lowest BCUT2D eigenvalue weighted by Gasteiger charge is -2.46. The molecule has 40 heavy (non-hydrogen) atoms. The van der Waals surface area contributed by atoms with Gasteiger partial charge in [-0.1, -0.05) is 107 Å². The van der Waals surface area contributed by atoms with Gasteiger partial charge in [-0.05, 0) is 46.3 Å². The van der Waals surface area contributed by atoms with Gasteiger partial charge in [0.2, 0.25) is 0 Å². The fraction of sp³-hybridized carbons (Fsp3) is 0.571. The molecule has 1 fully saturated rings. The van der Waals surface area contributed by atoms with E-state index in [9.17, 15) is 9.59 Å². The molecule has 3 aliphatic rings. The van der Waals surface area contributed by atoms with E-state index in [1.807, 2.05) is 35.9 Å². The van der Waals surface area contributed by atoms with Crippen LogP contribution in [0.15, 0.2) is 71.1 Å². The Morgan fingerprint density at radius 2 is 0.825 bits per heavy atom. The summed E-state index contributed by atoms with van der Waals surface area (Å²) < 4.78 is -1.55. The smallest absolute Gasteiger partial charge is 0.185 e. The van der Waals surface area contributed by atoms with Gasteiger partial charge in [0.15, 0.2) is 11.6 Å². The molecular formula is C35H47NO2S2. The molecule has 0 N–H and O–H groups in total. The summed E-state index contributed by atoms with van der Waals surface area (Å²) in [5, 5.41) is 0. The number of allylic oxidation sites excluding steroid dienone is 4. The molecule has 0 aromatic carbocycles. The summed E-state index contributed by atoms with van der Waals surface area (Å²) in [6.07, 6.45) is 12.8. The van der Waals surface area contributed by atoms with Crippen LogP contribution in [0.25, 0.3) is 0 Å². The minimum atomic E-state index is -0.595. The van der Waals surface area contributed by atoms with Crippen molar-refractivity contribution in [2.75, 3.05) is 0 Å². The van der Waals surface area contributed by atoms with Gasteiger partial charge < -0.3 is 0 Å². The van der Waals surface area contributed by atoms with E-state index in [4.69, 9.17) is 0 Å². The predicted molar refractivity (Wildman–Crippen MR) is 172 cm³/mol. The van der Waals surface area contributed by atoms with E-state index in [1.165, 1.54) is 5.56 Å². The average Bonchev–Trinajstić information content (AvgIpc) is 3.02. The maximum Gasteiger partial charge on any atom is 0.185 e. The third-order valence-electron chi connectivity index (χ3n) is 8.19. The number of ketones is 2. The molecule has 216 valence electrons. The number of rotatable bonds is 1. The summed E-state index contributed by atoms with van der Waals surface area (Å²) in [6, 6.07) is 4.19. The first kappa shape index (κ1) is 31.1. The molecule has 2 aliphatic carbocycles. The van der Waals surface area contributed by atoms with Crippen molar-refractivity contribution in [2.45, 2.75) is 104 Å². The van der Waals surface area contributed by atoms with Crippen molar-refractivity contribution in [3.05, 3.63) is 76.7 Å². The average molecular weight is 578 g/mol. The number of Topliss-reactive ketones (excluding diaryl/α,β-unsaturated/α-hetero) is 2. The van der Waals surface area contributed by atoms with Crippen LogP contribution in [0.5, 0.6) is 0 Å². The number of carbonyl (C=O) groups is 2. The molecule has 0 saturated carbocycles. The highest BCUT2D eigenvalue weighted by Crippen LogP contribution is 2.73. The Morgan fingerprint density at radius 3 is 1.07 bits per heavy atom. The summed E-state index contributed by atoms with van der Waals surface area (Å²) in [6.45, 7) is 27.9. The molecule has 5 heteroatoms. The van der Waals surface area contributed by atoms with E-state index in [0.29, 0.717) is 0 Å². The van der Waals surface area contributed by atoms with E-state index in [-0.39, 0.29) is 37.3 Å². The van der Waals surface area contributed by atoms with Gasteiger partial charge in [0.05, 0.1) is 13.6 Å². The van der Waals surface area contributed by atoms with Crippen LogP contribution in [0.2, 0.25) is 0 Å². The number of hydrogen-bond acceptors (Lipinski definition) is 5. The van der Waals surface area contributed by atoms with Crippen LogP contribution in [-0.4, -0.2) is 26.0 Å². The van der Waals surface area contributed by atoms with Crippen LogP contribution in [-0.2, 0) is 13.7 Å². The van der Waals surface area contributed by atoms with Gasteiger partial charge in [0.1, 0.15) is 0 Å². The van der Waals surface area contributed by atoms with Crippen molar-refractivity contribution >= 4 is 35.1 Å². The minimum Gasteiger partial charge on any atom is -0.289 e. The fourth-order valence-corrected chi connectivity index (χ4v) is 10.2. The highest BCUT2D eigenvalue weighted by molar-refractivity contribution is 8.22. The molecule has 0 atom stereocenters. The van der Waals surface area contributed by atoms with E-state index >= 15 is 0 Å². The molecule has 2 heterocycles. The first-order chi connectivity index (χ1) is 18.0. The second-order valence-electron chi connectivity index (χ2n) is 15.9. The lowest BCUT2D eigenvalue weighted by Crippen LogP contribution is -2.48. The molecule has 3 nitrogen and oxygen atoms in total. The summed E-state index contributed by atoms with van der Waals surface area (Å²) in [5.41, 5.74) is 3.21. The van der Waals surface area contributed by atoms with Gasteiger partial charge in [0, 0.05) is 34.7 Å². The Bertz CT molecular complexity index is 1210. The monoisotopic (exact) mass is 577 g/mol. The van der Waals surface area contributed by atoms with Crippen molar-refractivity contribution in [1.82, 2.24) is 4.98 Å². The van der Waals surface area contributed by atoms with Crippen LogP contribution < -0.4 is 0 Å². The number of hydrogen-bond donors (Lipinski definition) is 0. The highest BCUT2D eigenvalue weighted by atomic mass is 32.2. The number of fused-ring (bicyclic) bond motifs is 1. The molecule has 0 amide bonds. The van der Waals surface area contributed by atoms with Crippen molar-refractivity contribution in [3.63, 3.8) is 0 Å². The maximum absolute atomic E-state index is 14.1. The normalized spacial score (nSPS) is 22.7. The minimum absolute atomic E-state index is 0.135. The Kier molecular flexibility index (Phi) is 7.25. The quantitative estimate of drug-likeness (QED) is 0.333. The molecule has 4 rings (SSSR count). The molecule has 2 spiro atoms. The second-order valence-corrected chi connectivity index (χ2v) is 19.5. The fourth-order valence-electron chi connectivity index (χ4n) is 5.89. The maximum atomic E-state index is 14.1. The van der Waals surface area contributed by atoms with Gasteiger partial charge in [-0.2, -0.15) is 0 Å². The standard InChI is InChI=1S/C35H47NO2S2/c1-29(2,3)23-18-34(19-24(27(23)37)30(4,5)6)35(40-33(13,39-34)22-14-16-36-17-15-22)20-25(31(7,8)9)28(38)26(21-35)32(10,11)12/h14-21H,1-13H3. The van der Waals surface area contributed by atoms with E-state index < -0.39 is 9.49 Å². The van der Waals surface area contributed by atoms with Crippen molar-refractivity contribution in [2.24, 2.45) is 21.7 Å². The summed E-state index contributed by atoms with van der Waals surface area (Å²) >= 11 is 3.79. The largest absolute Gasteiger partial charge is 0.289 e. The first-order valence-corrected chi connectivity index (χ1v) is 15.9. The number of nitrogens with zero attached hydrogens (tertiary/aromatic N) is 1. The lowest BCUT2D eigenvalue weighted by atomic mass is 9.65. The SMILES string of the molecule is CC(C)(C)C1=CC2(C=C(C(C)(C)C)C1=O)SC(C)(c1ccncc1)SC21C=C(C(C)(C)C)C(=O)C(C(C)(C)C)=C1. The van der Waals surface area contributed by atoms with Crippen LogP contribution in [0, 0.1) is 21.7 Å². The second kappa shape index (κ2) is 9.33. The molecule has 0 radical (unpaired) electrons. The zero-order chi connectivity index (χ0) is 30.3. The molecule has 1 saturated heterocycles. The predicted octanol–water partition coefficient (Wildman–Crippen LogP) is 9.27. The van der Waals surface area contributed by atoms with Crippen molar-refractivity contribution in [3.8, 4) is 0 Å². The third-order valence-corrected chi connectivity index (χ3v) is 11.9. The molecule has 0 unspecified atom stereocenters. The van der Waals surface area contributed by atoms with Crippen LogP contribution in [0.3, 0.4) is 0 Å². The summed E-state index contributed by atoms with van der Waals surface area (Å²) in [7, 11) is 0. The van der Waals surface area contributed by atoms with Crippen molar-refractivity contribution < 1.29 is 9.59 Å². The van der Waals surface area contributed by atoms with Gasteiger partial charge in [-0.15, -0.1) is 23.5 Å². The van der Waals surface area contributed by atoms with E-state index in [2.05, 4.69) is 131 Å². The molecule has 1 aromatic rings. The number of aromatic nitrogens is 1. The van der Waals surface area contributed by atoms with E-state index in [1.54, 1.807) is 0 Å². The first-order valence-electron chi connectivity index (χ1n) is 14.3. The highest BCUT2D eigenvalue weighted by Gasteiger charge is 2.64. The molecule has 1 aliphatic heterocycles. The Labute approximate surface area is 250 Å². The molecular weight excluding hydrogens is 531 g/mol. The Hall–Kier alpha value is -1.85. The molecule has 0 bridgehead atoms.